The summed E-state index contributed by atoms with van der Waals surface area (Å²) >= 11 is 5.82. The fourth-order valence-electron chi connectivity index (χ4n) is 2.41. The normalized spacial score (nSPS) is 12.2. The fourth-order valence-corrected chi connectivity index (χ4v) is 2.63. The van der Waals surface area contributed by atoms with Gasteiger partial charge in [0.1, 0.15) is 5.02 Å². The highest BCUT2D eigenvalue weighted by atomic mass is 35.5. The SMILES string of the molecule is O=c1c2cc([N+](=O)[O-])c(Cl)cc2ncn1C[C@H](O)c1ccccc1. The van der Waals surface area contributed by atoms with Gasteiger partial charge in [0.2, 0.25) is 0 Å². The van der Waals surface area contributed by atoms with E-state index >= 15 is 0 Å². The zero-order chi connectivity index (χ0) is 17.3. The maximum atomic E-state index is 12.5. The zero-order valence-corrected chi connectivity index (χ0v) is 13.1. The second kappa shape index (κ2) is 6.38. The van der Waals surface area contributed by atoms with Gasteiger partial charge in [-0.2, -0.15) is 0 Å². The van der Waals surface area contributed by atoms with E-state index in [4.69, 9.17) is 11.6 Å². The maximum absolute atomic E-state index is 12.5. The lowest BCUT2D eigenvalue weighted by atomic mass is 10.1. The monoisotopic (exact) mass is 345 g/mol. The van der Waals surface area contributed by atoms with Crippen LogP contribution in [-0.2, 0) is 6.54 Å². The van der Waals surface area contributed by atoms with E-state index in [9.17, 15) is 20.0 Å². The molecule has 7 nitrogen and oxygen atoms in total. The van der Waals surface area contributed by atoms with E-state index in [1.54, 1.807) is 24.3 Å². The van der Waals surface area contributed by atoms with E-state index in [1.807, 2.05) is 6.07 Å². The van der Waals surface area contributed by atoms with Crippen LogP contribution in [0.15, 0.2) is 53.6 Å². The molecule has 0 amide bonds. The molecule has 0 spiro atoms. The number of aliphatic hydroxyl groups is 1. The predicted octanol–water partition coefficient (Wildman–Crippen LogP) is 2.69. The molecular formula is C16H12ClN3O4. The Morgan fingerprint density at radius 1 is 1.29 bits per heavy atom. The van der Waals surface area contributed by atoms with Crippen LogP contribution in [-0.4, -0.2) is 19.6 Å². The van der Waals surface area contributed by atoms with Crippen LogP contribution in [0.5, 0.6) is 0 Å². The van der Waals surface area contributed by atoms with Crippen LogP contribution in [0.1, 0.15) is 11.7 Å². The minimum atomic E-state index is -0.898. The van der Waals surface area contributed by atoms with E-state index in [2.05, 4.69) is 4.98 Å². The number of halogens is 1. The lowest BCUT2D eigenvalue weighted by Crippen LogP contribution is -2.23. The number of aromatic nitrogens is 2. The molecule has 0 radical (unpaired) electrons. The van der Waals surface area contributed by atoms with E-state index in [0.29, 0.717) is 5.56 Å². The van der Waals surface area contributed by atoms with Gasteiger partial charge in [0, 0.05) is 6.07 Å². The third-order valence-corrected chi connectivity index (χ3v) is 3.95. The summed E-state index contributed by atoms with van der Waals surface area (Å²) in [6.45, 7) is -0.0117. The van der Waals surface area contributed by atoms with E-state index in [0.717, 1.165) is 6.07 Å². The molecule has 1 atom stereocenters. The van der Waals surface area contributed by atoms with Gasteiger partial charge in [-0.25, -0.2) is 4.98 Å². The Morgan fingerprint density at radius 2 is 2.00 bits per heavy atom. The second-order valence-electron chi connectivity index (χ2n) is 5.21. The van der Waals surface area contributed by atoms with Gasteiger partial charge in [0.05, 0.1) is 34.8 Å². The van der Waals surface area contributed by atoms with Crippen molar-refractivity contribution in [3.05, 3.63) is 79.8 Å². The van der Waals surface area contributed by atoms with Gasteiger partial charge in [-0.15, -0.1) is 0 Å². The molecule has 0 aliphatic rings. The first-order valence-electron chi connectivity index (χ1n) is 7.03. The van der Waals surface area contributed by atoms with Crippen LogP contribution in [0.2, 0.25) is 5.02 Å². The molecule has 1 N–H and O–H groups in total. The molecule has 1 aromatic heterocycles. The van der Waals surface area contributed by atoms with Crippen molar-refractivity contribution in [2.75, 3.05) is 0 Å². The maximum Gasteiger partial charge on any atom is 0.288 e. The highest BCUT2D eigenvalue weighted by Gasteiger charge is 2.17. The molecular weight excluding hydrogens is 334 g/mol. The van der Waals surface area contributed by atoms with Crippen molar-refractivity contribution in [3.8, 4) is 0 Å². The zero-order valence-electron chi connectivity index (χ0n) is 12.3. The highest BCUT2D eigenvalue weighted by Crippen LogP contribution is 2.27. The Morgan fingerprint density at radius 3 is 2.67 bits per heavy atom. The molecule has 0 aliphatic carbocycles. The molecule has 8 heteroatoms. The van der Waals surface area contributed by atoms with Gasteiger partial charge in [-0.05, 0) is 11.6 Å². The predicted molar refractivity (Wildman–Crippen MR) is 89.1 cm³/mol. The molecule has 0 bridgehead atoms. The molecule has 0 unspecified atom stereocenters. The van der Waals surface area contributed by atoms with Crippen LogP contribution in [0.4, 0.5) is 5.69 Å². The molecule has 0 saturated heterocycles. The number of hydrogen-bond acceptors (Lipinski definition) is 5. The van der Waals surface area contributed by atoms with Gasteiger partial charge >= 0.3 is 0 Å². The third-order valence-electron chi connectivity index (χ3n) is 3.64. The summed E-state index contributed by atoms with van der Waals surface area (Å²) in [7, 11) is 0. The van der Waals surface area contributed by atoms with Crippen molar-refractivity contribution >= 4 is 28.2 Å². The molecule has 0 fully saturated rings. The number of benzene rings is 2. The van der Waals surface area contributed by atoms with Crippen molar-refractivity contribution in [2.45, 2.75) is 12.6 Å². The molecule has 2 aromatic carbocycles. The first-order valence-corrected chi connectivity index (χ1v) is 7.41. The average Bonchev–Trinajstić information content (AvgIpc) is 2.57. The van der Waals surface area contributed by atoms with Crippen LogP contribution in [0.25, 0.3) is 10.9 Å². The summed E-state index contributed by atoms with van der Waals surface area (Å²) in [5.74, 6) is 0. The van der Waals surface area contributed by atoms with E-state index in [1.165, 1.54) is 17.0 Å². The average molecular weight is 346 g/mol. The Labute approximate surface area is 140 Å². The summed E-state index contributed by atoms with van der Waals surface area (Å²) in [6, 6.07) is 11.3. The third kappa shape index (κ3) is 2.99. The Bertz CT molecular complexity index is 972. The number of fused-ring (bicyclic) bond motifs is 1. The Kier molecular flexibility index (Phi) is 4.28. The Hall–Kier alpha value is -2.77. The molecule has 122 valence electrons. The summed E-state index contributed by atoms with van der Waals surface area (Å²) in [6.07, 6.45) is 0.393. The van der Waals surface area contributed by atoms with Crippen molar-refractivity contribution in [2.24, 2.45) is 0 Å². The number of nitro groups is 1. The number of nitrogens with zero attached hydrogens (tertiary/aromatic N) is 3. The fraction of sp³-hybridized carbons (Fsp3) is 0.125. The Balaban J connectivity index is 2.04. The number of rotatable bonds is 4. The topological polar surface area (TPSA) is 98.3 Å². The molecule has 24 heavy (non-hydrogen) atoms. The summed E-state index contributed by atoms with van der Waals surface area (Å²) < 4.78 is 1.22. The van der Waals surface area contributed by atoms with Gasteiger partial charge < -0.3 is 5.11 Å². The van der Waals surface area contributed by atoms with E-state index in [-0.39, 0.29) is 28.2 Å². The van der Waals surface area contributed by atoms with Crippen LogP contribution in [0.3, 0.4) is 0 Å². The lowest BCUT2D eigenvalue weighted by Gasteiger charge is -2.13. The van der Waals surface area contributed by atoms with Crippen molar-refractivity contribution in [1.82, 2.24) is 9.55 Å². The highest BCUT2D eigenvalue weighted by molar-refractivity contribution is 6.33. The van der Waals surface area contributed by atoms with Crippen LogP contribution in [0, 0.1) is 10.1 Å². The quantitative estimate of drug-likeness (QED) is 0.579. The van der Waals surface area contributed by atoms with Crippen molar-refractivity contribution in [1.29, 1.82) is 0 Å². The van der Waals surface area contributed by atoms with Crippen LogP contribution >= 0.6 is 11.6 Å². The van der Waals surface area contributed by atoms with Gasteiger partial charge in [0.25, 0.3) is 11.2 Å². The number of hydrogen-bond donors (Lipinski definition) is 1. The first-order chi connectivity index (χ1) is 11.5. The lowest BCUT2D eigenvalue weighted by molar-refractivity contribution is -0.384. The van der Waals surface area contributed by atoms with Crippen molar-refractivity contribution in [3.63, 3.8) is 0 Å². The smallest absolute Gasteiger partial charge is 0.288 e. The minimum Gasteiger partial charge on any atom is -0.387 e. The summed E-state index contributed by atoms with van der Waals surface area (Å²) in [4.78, 5) is 26.9. The second-order valence-corrected chi connectivity index (χ2v) is 5.61. The number of nitro benzene ring substituents is 1. The molecule has 3 rings (SSSR count). The van der Waals surface area contributed by atoms with Gasteiger partial charge in [-0.1, -0.05) is 41.9 Å². The molecule has 0 aliphatic heterocycles. The van der Waals surface area contributed by atoms with Crippen LogP contribution < -0.4 is 5.56 Å². The molecule has 0 saturated carbocycles. The minimum absolute atomic E-state index is 0.0117. The van der Waals surface area contributed by atoms with E-state index < -0.39 is 16.6 Å². The molecule has 3 aromatic rings. The standard InChI is InChI=1S/C16H12ClN3O4/c17-12-7-13-11(6-14(12)20(23)24)16(22)19(9-18-13)8-15(21)10-4-2-1-3-5-10/h1-7,9,15,21H,8H2/t15-/m0/s1. The largest absolute Gasteiger partial charge is 0.387 e. The first kappa shape index (κ1) is 16.1. The molecule has 1 heterocycles. The van der Waals surface area contributed by atoms with Gasteiger partial charge in [-0.3, -0.25) is 19.5 Å². The summed E-state index contributed by atoms with van der Waals surface area (Å²) in [5.41, 5.74) is 0.0896. The van der Waals surface area contributed by atoms with Gasteiger partial charge in [0.15, 0.2) is 0 Å². The number of aliphatic hydroxyl groups excluding tert-OH is 1. The van der Waals surface area contributed by atoms with Crippen molar-refractivity contribution < 1.29 is 10.0 Å². The summed E-state index contributed by atoms with van der Waals surface area (Å²) in [5, 5.41) is 21.2.